The second-order valence-corrected chi connectivity index (χ2v) is 28.2. The Hall–Kier alpha value is -2.23. The summed E-state index contributed by atoms with van der Waals surface area (Å²) in [6, 6.07) is 6.14. The number of methoxy groups -OCH3 is 20. The molecular formula is C69H116O37S. The minimum Gasteiger partial charge on any atom is -0.382 e. The highest BCUT2D eigenvalue weighted by Crippen LogP contribution is 2.43. The number of aryl methyl sites for hydroxylation is 1. The normalized spacial score (nSPS) is 43.3. The molecule has 1 aromatic carbocycles. The van der Waals surface area contributed by atoms with E-state index in [0.29, 0.717) is 0 Å². The van der Waals surface area contributed by atoms with Gasteiger partial charge >= 0.3 is 0 Å². The van der Waals surface area contributed by atoms with Crippen molar-refractivity contribution in [3.05, 3.63) is 29.8 Å². The zero-order chi connectivity index (χ0) is 77.4. The van der Waals surface area contributed by atoms with E-state index < -0.39 is 232 Å². The first-order chi connectivity index (χ1) is 51.8. The second-order valence-electron chi connectivity index (χ2n) is 26.6. The van der Waals surface area contributed by atoms with Gasteiger partial charge in [0.1, 0.15) is 171 Å². The third-order valence-electron chi connectivity index (χ3n) is 20.7. The topological polar surface area (TPSA) is 357 Å². The molecule has 14 bridgehead atoms. The molecule has 21 heterocycles. The van der Waals surface area contributed by atoms with Gasteiger partial charge in [-0.2, -0.15) is 8.42 Å². The first-order valence-corrected chi connectivity index (χ1v) is 36.7. The molecule has 21 fully saturated rings. The molecule has 620 valence electrons. The number of ether oxygens (including phenoxy) is 34. The maximum Gasteiger partial charge on any atom is 0.297 e. The summed E-state index contributed by atoms with van der Waals surface area (Å²) in [6.45, 7) is 0.556. The number of hydrogen-bond donors (Lipinski definition) is 0. The van der Waals surface area contributed by atoms with E-state index in [1.54, 1.807) is 12.1 Å². The van der Waals surface area contributed by atoms with Gasteiger partial charge in [0.2, 0.25) is 0 Å². The van der Waals surface area contributed by atoms with Crippen molar-refractivity contribution in [1.82, 2.24) is 0 Å². The smallest absolute Gasteiger partial charge is 0.297 e. The van der Waals surface area contributed by atoms with Crippen LogP contribution in [0.5, 0.6) is 0 Å². The van der Waals surface area contributed by atoms with E-state index in [1.165, 1.54) is 154 Å². The lowest BCUT2D eigenvalue weighted by Gasteiger charge is -2.52. The average Bonchev–Trinajstić information content (AvgIpc) is 0.780. The number of rotatable bonds is 30. The predicted octanol–water partition coefficient (Wildman–Crippen LogP) is -0.427. The van der Waals surface area contributed by atoms with Gasteiger partial charge in [0.05, 0.1) is 51.1 Å². The molecule has 37 nitrogen and oxygen atoms in total. The highest BCUT2D eigenvalue weighted by Gasteiger charge is 2.62. The van der Waals surface area contributed by atoms with Crippen molar-refractivity contribution in [2.45, 2.75) is 227 Å². The van der Waals surface area contributed by atoms with E-state index in [-0.39, 0.29) is 44.5 Å². The Morgan fingerprint density at radius 1 is 0.234 bits per heavy atom. The molecule has 0 spiro atoms. The lowest BCUT2D eigenvalue weighted by atomic mass is 9.94. The van der Waals surface area contributed by atoms with Crippen LogP contribution in [0.25, 0.3) is 0 Å². The van der Waals surface area contributed by atoms with E-state index in [0.717, 1.165) is 5.56 Å². The first kappa shape index (κ1) is 88.7. The maximum atomic E-state index is 14.3. The molecule has 0 aliphatic carbocycles. The average molecular weight is 1570 g/mol. The maximum absolute atomic E-state index is 14.3. The minimum absolute atomic E-state index is 0.0658. The van der Waals surface area contributed by atoms with Crippen molar-refractivity contribution >= 4 is 10.1 Å². The van der Waals surface area contributed by atoms with Crippen LogP contribution in [0, 0.1) is 6.92 Å². The van der Waals surface area contributed by atoms with Crippen LogP contribution in [0.2, 0.25) is 0 Å². The molecule has 0 N–H and O–H groups in total. The van der Waals surface area contributed by atoms with Crippen LogP contribution in [0.3, 0.4) is 0 Å². The Balaban J connectivity index is 1.16. The lowest BCUT2D eigenvalue weighted by molar-refractivity contribution is -0.402. The van der Waals surface area contributed by atoms with Gasteiger partial charge in [-0.1, -0.05) is 17.7 Å². The van der Waals surface area contributed by atoms with Crippen molar-refractivity contribution in [1.29, 1.82) is 0 Å². The van der Waals surface area contributed by atoms with Crippen molar-refractivity contribution in [2.75, 3.05) is 188 Å². The zero-order valence-electron chi connectivity index (χ0n) is 65.0. The molecule has 21 saturated heterocycles. The number of hydrogen-bond acceptors (Lipinski definition) is 37. The molecular weight excluding hydrogens is 1450 g/mol. The third-order valence-corrected chi connectivity index (χ3v) is 22.0. The fourth-order valence-corrected chi connectivity index (χ4v) is 16.5. The summed E-state index contributed by atoms with van der Waals surface area (Å²) in [5.74, 6) is 0. The molecule has 0 unspecified atom stereocenters. The molecule has 0 amide bonds. The molecule has 21 aliphatic heterocycles. The fraction of sp³-hybridized carbons (Fsp3) is 0.913. The van der Waals surface area contributed by atoms with Gasteiger partial charge in [-0.05, 0) is 19.1 Å². The van der Waals surface area contributed by atoms with Crippen molar-refractivity contribution in [3.8, 4) is 0 Å². The first-order valence-electron chi connectivity index (χ1n) is 35.3. The van der Waals surface area contributed by atoms with Gasteiger partial charge in [-0.25, -0.2) is 0 Å². The molecule has 22 rings (SSSR count). The van der Waals surface area contributed by atoms with Crippen LogP contribution in [0.15, 0.2) is 29.2 Å². The Bertz CT molecular complexity index is 2790. The Labute approximate surface area is 626 Å². The summed E-state index contributed by atoms with van der Waals surface area (Å²) in [5, 5.41) is 0. The van der Waals surface area contributed by atoms with Gasteiger partial charge in [0.25, 0.3) is 10.1 Å². The Morgan fingerprint density at radius 2 is 0.393 bits per heavy atom. The molecule has 0 aromatic heterocycles. The van der Waals surface area contributed by atoms with Crippen LogP contribution in [0.4, 0.5) is 0 Å². The van der Waals surface area contributed by atoms with Gasteiger partial charge < -0.3 is 161 Å². The summed E-state index contributed by atoms with van der Waals surface area (Å²) in [4.78, 5) is -0.129. The van der Waals surface area contributed by atoms with Gasteiger partial charge in [0, 0.05) is 142 Å². The molecule has 0 saturated carbocycles. The SMILES string of the molecule is COC[C@@H]1O[C@@H]2O[C@H]3[C@H](OC)[C@@H](OC)[C@@H](O[C@H]4[C@@H](OC)[C@H](OC)[C@@H](O[C@H]5[C@H](OC)[C@H](OC)[C@@H](O[C@H]6[C@H](OC)[C@@H](OC)[C@@H](O[C@H]7[C@H](OC)[C@@H](OC)[C@@H](O[C@H]8[C@H](OC)[C@@H](OC)[C@@H](O[C@H]1[C@H](OC)[C@H]2OC)O[C@H]8COC)O[C@H]7COC)O[C@@H]6COS(=O)(=O)c1ccc(C)cc1)O[C@@H]5COC)O[C@@H]4COC)O[C@H]3COC. The van der Waals surface area contributed by atoms with Crippen LogP contribution in [0.1, 0.15) is 5.56 Å². The highest BCUT2D eigenvalue weighted by atomic mass is 32.2. The van der Waals surface area contributed by atoms with E-state index in [1.807, 2.05) is 6.92 Å². The monoisotopic (exact) mass is 1570 g/mol. The van der Waals surface area contributed by atoms with Gasteiger partial charge in [0.15, 0.2) is 44.0 Å². The molecule has 0 radical (unpaired) electrons. The quantitative estimate of drug-likeness (QED) is 0.0882. The van der Waals surface area contributed by atoms with Gasteiger partial charge in [-0.3, -0.25) is 4.18 Å². The molecule has 21 aliphatic rings. The van der Waals surface area contributed by atoms with E-state index in [4.69, 9.17) is 165 Å². The van der Waals surface area contributed by atoms with Crippen molar-refractivity contribution in [2.24, 2.45) is 0 Å². The Kier molecular flexibility index (Phi) is 35.2. The molecule has 35 atom stereocenters. The molecule has 38 heteroatoms. The van der Waals surface area contributed by atoms with E-state index in [2.05, 4.69) is 0 Å². The second kappa shape index (κ2) is 42.4. The zero-order valence-corrected chi connectivity index (χ0v) is 65.8. The molecule has 107 heavy (non-hydrogen) atoms. The summed E-state index contributed by atoms with van der Waals surface area (Å²) < 4.78 is 255. The van der Waals surface area contributed by atoms with Gasteiger partial charge in [-0.15, -0.1) is 0 Å². The van der Waals surface area contributed by atoms with Crippen molar-refractivity contribution < 1.29 is 174 Å². The van der Waals surface area contributed by atoms with Crippen LogP contribution in [-0.2, 0) is 175 Å². The fourth-order valence-electron chi connectivity index (χ4n) is 15.6. The largest absolute Gasteiger partial charge is 0.382 e. The van der Waals surface area contributed by atoms with E-state index in [9.17, 15) is 8.42 Å². The summed E-state index contributed by atoms with van der Waals surface area (Å²) in [5.41, 5.74) is 0.813. The van der Waals surface area contributed by atoms with E-state index >= 15 is 0 Å². The number of benzene rings is 1. The summed E-state index contributed by atoms with van der Waals surface area (Å²) in [6.07, 6.45) is -39.7. The summed E-state index contributed by atoms with van der Waals surface area (Å²) in [7, 11) is 24.9. The minimum atomic E-state index is -4.51. The standard InChI is InChI=1S/C69H116O37S/c1-33-22-24-34(25-23-33)107(70,71)92-32-41-48-55(84-14)62(91-21)69(99-41)105-47-40(31-77-7)97-67(60(89-19)54(47)83-13)103-45-38(29-75-5)95-65(58(87-17)52(45)81-11)101-43-36(27-73-3)93-63(56(85-15)50(43)79-9)100-42-35(26-72-2)94-64(57(86-16)49(42)78-8)102-44-37(28-74-4)96-66(59(88-18)51(44)80-10)104-46-39(30-76-6)98-68(106-48)61(90-20)53(46)82-12/h22-25,35-69H,26-32H2,1-21H3/t35-,36-,37+,38-,39+,40-,41+,42+,43+,44+,45+,46+,47+,48+,49-,50-,51+,52-,53-,54-,55-,56+,57+,58+,59-,60+,61-,62+,63+,64+,65+,66+,67+,68+,69+/m0/s1. The van der Waals surface area contributed by atoms with Crippen LogP contribution < -0.4 is 0 Å². The van der Waals surface area contributed by atoms with Crippen molar-refractivity contribution in [3.63, 3.8) is 0 Å². The predicted molar refractivity (Wildman–Crippen MR) is 361 cm³/mol. The third kappa shape index (κ3) is 19.7. The summed E-state index contributed by atoms with van der Waals surface area (Å²) >= 11 is 0. The molecule has 1 aromatic rings. The van der Waals surface area contributed by atoms with Crippen LogP contribution >= 0.6 is 0 Å². The van der Waals surface area contributed by atoms with Crippen LogP contribution in [-0.4, -0.2) is 412 Å². The Morgan fingerprint density at radius 3 is 0.542 bits per heavy atom. The lowest BCUT2D eigenvalue weighted by Crippen LogP contribution is -2.69. The highest BCUT2D eigenvalue weighted by molar-refractivity contribution is 7.86.